The number of thiophene rings is 1. The molecule has 0 amide bonds. The lowest BCUT2D eigenvalue weighted by molar-refractivity contribution is 1.08. The predicted octanol–water partition coefficient (Wildman–Crippen LogP) is -6.92. The van der Waals surface area contributed by atoms with Gasteiger partial charge in [0.05, 0.1) is 0 Å². The van der Waals surface area contributed by atoms with Crippen molar-refractivity contribution < 1.29 is 0 Å². The first kappa shape index (κ1) is 39.9. The van der Waals surface area contributed by atoms with Gasteiger partial charge < -0.3 is 0 Å². The minimum atomic E-state index is 0.664. The fourth-order valence-corrected chi connectivity index (χ4v) is 10.9. The number of rotatable bonds is 6. The summed E-state index contributed by atoms with van der Waals surface area (Å²) in [5.74, 6) is 2.04. The topological polar surface area (TPSA) is 38.7 Å². The number of fused-ring (bicyclic) bond motifs is 3. The molecule has 15 heteroatoms. The summed E-state index contributed by atoms with van der Waals surface area (Å²) in [6.07, 6.45) is 0. The summed E-state index contributed by atoms with van der Waals surface area (Å²) in [4.78, 5) is 15.8. The highest BCUT2D eigenvalue weighted by Gasteiger charge is 2.26. The van der Waals surface area contributed by atoms with Crippen LogP contribution in [0.25, 0.3) is 87.7 Å². The van der Waals surface area contributed by atoms with Gasteiger partial charge in [-0.1, -0.05) is 147 Å². The van der Waals surface area contributed by atoms with Crippen molar-refractivity contribution >= 4 is 178 Å². The van der Waals surface area contributed by atoms with Crippen molar-refractivity contribution in [3.05, 3.63) is 109 Å². The maximum Gasteiger partial charge on any atom is 0.164 e. The van der Waals surface area contributed by atoms with Crippen molar-refractivity contribution in [2.24, 2.45) is 0 Å². The second kappa shape index (κ2) is 15.5. The molecule has 0 aliphatic rings. The van der Waals surface area contributed by atoms with Gasteiger partial charge in [0.1, 0.15) is 86.3 Å². The number of benzene rings is 7. The van der Waals surface area contributed by atoms with Gasteiger partial charge in [-0.3, -0.25) is 0 Å². The Balaban J connectivity index is 1.26. The minimum absolute atomic E-state index is 0.664. The zero-order valence-corrected chi connectivity index (χ0v) is 37.5. The first-order valence-corrected chi connectivity index (χ1v) is 21.8. The van der Waals surface area contributed by atoms with Crippen LogP contribution in [-0.4, -0.2) is 101 Å². The fourth-order valence-electron chi connectivity index (χ4n) is 9.36. The van der Waals surface area contributed by atoms with Gasteiger partial charge in [0.2, 0.25) is 0 Å². The summed E-state index contributed by atoms with van der Waals surface area (Å²) >= 11 is 1.90. The molecule has 0 aliphatic carbocycles. The molecular formula is C45H40B11N3S. The standard InChI is InChI=1S/C45H40B11N3S/c46-30-26(25-31(47)38(54)40(56)39(55)32(25)48)36(52)42-28(33(30)49)27-34(50)37(53)35(51)29(41(27)60-42)45-58-43(21-10-5-2-6-11-21)57-44(59-45)22-16-14-20(15-17-22)24-13-7-12-23(18-24)19-8-3-1-4-9-19/h1-18H,46-56H2. The van der Waals surface area contributed by atoms with E-state index in [1.165, 1.54) is 108 Å². The van der Waals surface area contributed by atoms with Gasteiger partial charge >= 0.3 is 0 Å². The van der Waals surface area contributed by atoms with E-state index in [9.17, 15) is 0 Å². The third kappa shape index (κ3) is 6.48. The highest BCUT2D eigenvalue weighted by molar-refractivity contribution is 7.28. The van der Waals surface area contributed by atoms with Gasteiger partial charge in [-0.25, -0.2) is 15.0 Å². The van der Waals surface area contributed by atoms with E-state index in [2.05, 4.69) is 177 Å². The van der Waals surface area contributed by atoms with Crippen LogP contribution >= 0.6 is 11.3 Å². The molecule has 0 fully saturated rings. The summed E-state index contributed by atoms with van der Waals surface area (Å²) in [6.45, 7) is 0. The molecule has 0 atom stereocenters. The highest BCUT2D eigenvalue weighted by Crippen LogP contribution is 2.37. The molecular weight excluding hydrogens is 734 g/mol. The molecule has 0 aliphatic heterocycles. The van der Waals surface area contributed by atoms with E-state index >= 15 is 0 Å². The zero-order valence-electron chi connectivity index (χ0n) is 36.6. The van der Waals surface area contributed by atoms with Crippen molar-refractivity contribution in [2.45, 2.75) is 0 Å². The average Bonchev–Trinajstić information content (AvgIpc) is 3.69. The lowest BCUT2D eigenvalue weighted by Crippen LogP contribution is -2.56. The van der Waals surface area contributed by atoms with Crippen molar-refractivity contribution in [3.63, 3.8) is 0 Å². The Hall–Kier alpha value is -5.52. The van der Waals surface area contributed by atoms with E-state index in [1.54, 1.807) is 0 Å². The largest absolute Gasteiger partial charge is 0.208 e. The van der Waals surface area contributed by atoms with Gasteiger partial charge in [0.25, 0.3) is 0 Å². The van der Waals surface area contributed by atoms with Crippen LogP contribution < -0.4 is 60.1 Å². The molecule has 2 heterocycles. The second-order valence-corrected chi connectivity index (χ2v) is 17.7. The molecule has 0 bridgehead atoms. The molecule has 274 valence electrons. The molecule has 3 nitrogen and oxygen atoms in total. The molecule has 9 rings (SSSR count). The third-order valence-corrected chi connectivity index (χ3v) is 15.0. The van der Waals surface area contributed by atoms with Gasteiger partial charge in [-0.15, -0.1) is 27.7 Å². The maximum absolute atomic E-state index is 5.37. The monoisotopic (exact) mass is 775 g/mol. The van der Waals surface area contributed by atoms with Gasteiger partial charge in [-0.2, -0.15) is 0 Å². The van der Waals surface area contributed by atoms with Crippen LogP contribution in [0.3, 0.4) is 0 Å². The van der Waals surface area contributed by atoms with Crippen molar-refractivity contribution in [1.29, 1.82) is 0 Å². The number of hydrogen-bond donors (Lipinski definition) is 0. The quantitative estimate of drug-likeness (QED) is 0.158. The Labute approximate surface area is 367 Å². The summed E-state index contributed by atoms with van der Waals surface area (Å²) < 4.78 is 2.58. The Morgan fingerprint density at radius 3 is 1.23 bits per heavy atom. The van der Waals surface area contributed by atoms with Crippen LogP contribution in [0.4, 0.5) is 0 Å². The highest BCUT2D eigenvalue weighted by atomic mass is 32.1. The van der Waals surface area contributed by atoms with E-state index < -0.39 is 0 Å². The summed E-state index contributed by atoms with van der Waals surface area (Å²) in [5, 5.41) is 2.68. The van der Waals surface area contributed by atoms with Crippen LogP contribution in [0.15, 0.2) is 109 Å². The summed E-state index contributed by atoms with van der Waals surface area (Å²) in [7, 11) is 25.2. The summed E-state index contributed by atoms with van der Waals surface area (Å²) in [6, 6.07) is 38.3. The molecule has 0 spiro atoms. The third-order valence-electron chi connectivity index (χ3n) is 13.6. The Kier molecular flexibility index (Phi) is 10.3. The number of nitrogens with zero attached hydrogens (tertiary/aromatic N) is 3. The molecule has 0 saturated heterocycles. The van der Waals surface area contributed by atoms with E-state index in [0.717, 1.165) is 22.3 Å². The van der Waals surface area contributed by atoms with E-state index in [-0.39, 0.29) is 0 Å². The smallest absolute Gasteiger partial charge is 0.164 e. The number of hydrogen-bond acceptors (Lipinski definition) is 4. The molecule has 0 N–H and O–H groups in total. The molecule has 0 saturated carbocycles. The predicted molar refractivity (Wildman–Crippen MR) is 295 cm³/mol. The van der Waals surface area contributed by atoms with Gasteiger partial charge in [-0.05, 0) is 50.2 Å². The molecule has 9 aromatic rings. The molecule has 0 unspecified atom stereocenters. The SMILES string of the molecule is Bc1c(B)c(B)c(-c2c(B)c(B)c3c(sc4c(-c5nc(-c6ccccc6)nc(-c6ccc(-c7cccc(-c8ccccc8)c7)cc6)n5)c(B)c(B)c(B)c43)c2B)c(B)c1B. The van der Waals surface area contributed by atoms with E-state index in [0.29, 0.717) is 17.5 Å². The zero-order chi connectivity index (χ0) is 42.1. The Morgan fingerprint density at radius 2 is 0.650 bits per heavy atom. The number of aromatic nitrogens is 3. The van der Waals surface area contributed by atoms with Gasteiger partial charge in [0, 0.05) is 26.1 Å². The summed E-state index contributed by atoms with van der Waals surface area (Å²) in [5.41, 5.74) is 25.3. The molecule has 7 aromatic carbocycles. The van der Waals surface area contributed by atoms with Crippen molar-refractivity contribution in [2.75, 3.05) is 0 Å². The molecule has 2 aromatic heterocycles. The average molecular weight is 774 g/mol. The van der Waals surface area contributed by atoms with Crippen LogP contribution in [0, 0.1) is 0 Å². The lowest BCUT2D eigenvalue weighted by Gasteiger charge is -2.25. The Morgan fingerprint density at radius 1 is 0.283 bits per heavy atom. The second-order valence-electron chi connectivity index (χ2n) is 16.7. The van der Waals surface area contributed by atoms with Crippen LogP contribution in [0.5, 0.6) is 0 Å². The van der Waals surface area contributed by atoms with Crippen molar-refractivity contribution in [3.8, 4) is 67.5 Å². The van der Waals surface area contributed by atoms with Crippen LogP contribution in [0.1, 0.15) is 0 Å². The Bertz CT molecular complexity index is 3180. The van der Waals surface area contributed by atoms with Crippen molar-refractivity contribution in [1.82, 2.24) is 15.0 Å². The van der Waals surface area contributed by atoms with Crippen LogP contribution in [0.2, 0.25) is 0 Å². The van der Waals surface area contributed by atoms with E-state index in [1.807, 2.05) is 29.5 Å². The van der Waals surface area contributed by atoms with E-state index in [4.69, 9.17) is 15.0 Å². The first-order chi connectivity index (χ1) is 28.8. The first-order valence-electron chi connectivity index (χ1n) is 21.0. The van der Waals surface area contributed by atoms with Gasteiger partial charge in [0.15, 0.2) is 17.5 Å². The molecule has 0 radical (unpaired) electrons. The van der Waals surface area contributed by atoms with Crippen LogP contribution in [-0.2, 0) is 0 Å². The lowest BCUT2D eigenvalue weighted by atomic mass is 9.57. The fraction of sp³-hybridized carbons (Fsp3) is 0. The minimum Gasteiger partial charge on any atom is -0.208 e. The normalized spacial score (nSPS) is 11.4. The molecule has 60 heavy (non-hydrogen) atoms. The maximum atomic E-state index is 5.37.